The van der Waals surface area contributed by atoms with Gasteiger partial charge in [-0.05, 0) is 23.4 Å². The first-order valence-corrected chi connectivity index (χ1v) is 4.37. The van der Waals surface area contributed by atoms with Gasteiger partial charge in [0.2, 0.25) is 0 Å². The highest BCUT2D eigenvalue weighted by Gasteiger charge is 2.00. The van der Waals surface area contributed by atoms with Crippen molar-refractivity contribution in [3.63, 3.8) is 0 Å². The Balaban J connectivity index is 2.45. The summed E-state index contributed by atoms with van der Waals surface area (Å²) in [7, 11) is 0. The van der Waals surface area contributed by atoms with Gasteiger partial charge in [0.1, 0.15) is 0 Å². The SMILES string of the molecule is C[C@H](CN=[N+]=[N-])Cc1ccccc1. The van der Waals surface area contributed by atoms with Crippen LogP contribution in [0.2, 0.25) is 0 Å². The van der Waals surface area contributed by atoms with Crippen LogP contribution in [0.1, 0.15) is 12.5 Å². The van der Waals surface area contributed by atoms with Gasteiger partial charge in [-0.25, -0.2) is 0 Å². The first-order valence-electron chi connectivity index (χ1n) is 4.37. The van der Waals surface area contributed by atoms with Crippen molar-refractivity contribution in [2.24, 2.45) is 11.0 Å². The van der Waals surface area contributed by atoms with E-state index < -0.39 is 0 Å². The summed E-state index contributed by atoms with van der Waals surface area (Å²) in [6.07, 6.45) is 0.972. The summed E-state index contributed by atoms with van der Waals surface area (Å²) in [6, 6.07) is 10.2. The minimum Gasteiger partial charge on any atom is -0.0937 e. The number of azide groups is 1. The van der Waals surface area contributed by atoms with Crippen molar-refractivity contribution in [3.8, 4) is 0 Å². The highest BCUT2D eigenvalue weighted by Crippen LogP contribution is 2.08. The molecule has 3 heteroatoms. The lowest BCUT2D eigenvalue weighted by molar-refractivity contribution is 0.591. The van der Waals surface area contributed by atoms with Gasteiger partial charge in [-0.15, -0.1) is 0 Å². The van der Waals surface area contributed by atoms with Crippen LogP contribution in [0, 0.1) is 5.92 Å². The normalized spacial score (nSPS) is 11.8. The summed E-state index contributed by atoms with van der Waals surface area (Å²) < 4.78 is 0. The van der Waals surface area contributed by atoms with Gasteiger partial charge in [0, 0.05) is 11.5 Å². The van der Waals surface area contributed by atoms with Gasteiger partial charge in [0.15, 0.2) is 0 Å². The molecule has 0 aliphatic carbocycles. The molecule has 0 heterocycles. The summed E-state index contributed by atoms with van der Waals surface area (Å²) in [5.41, 5.74) is 9.43. The maximum Gasteiger partial charge on any atom is 0.0286 e. The molecule has 13 heavy (non-hydrogen) atoms. The van der Waals surface area contributed by atoms with Gasteiger partial charge >= 0.3 is 0 Å². The lowest BCUT2D eigenvalue weighted by Gasteiger charge is -2.06. The highest BCUT2D eigenvalue weighted by atomic mass is 15.1. The molecule has 0 spiro atoms. The Morgan fingerprint density at radius 1 is 1.38 bits per heavy atom. The first kappa shape index (κ1) is 9.62. The molecular formula is C10H13N3. The Kier molecular flexibility index (Phi) is 3.86. The predicted molar refractivity (Wildman–Crippen MR) is 53.3 cm³/mol. The molecule has 68 valence electrons. The highest BCUT2D eigenvalue weighted by molar-refractivity contribution is 5.15. The van der Waals surface area contributed by atoms with Crippen molar-refractivity contribution in [2.45, 2.75) is 13.3 Å². The van der Waals surface area contributed by atoms with Crippen LogP contribution in [0.5, 0.6) is 0 Å². The molecular weight excluding hydrogens is 162 g/mol. The zero-order chi connectivity index (χ0) is 9.52. The zero-order valence-corrected chi connectivity index (χ0v) is 7.72. The Hall–Kier alpha value is -1.47. The summed E-state index contributed by atoms with van der Waals surface area (Å²) in [6.45, 7) is 2.66. The predicted octanol–water partition coefficient (Wildman–Crippen LogP) is 3.18. The molecule has 0 bridgehead atoms. The Bertz CT molecular complexity index is 288. The number of hydrogen-bond donors (Lipinski definition) is 0. The van der Waals surface area contributed by atoms with Gasteiger partial charge in [-0.1, -0.05) is 42.4 Å². The molecule has 0 aliphatic rings. The molecule has 0 radical (unpaired) electrons. The van der Waals surface area contributed by atoms with Crippen molar-refractivity contribution in [2.75, 3.05) is 6.54 Å². The fraction of sp³-hybridized carbons (Fsp3) is 0.400. The molecule has 0 unspecified atom stereocenters. The van der Waals surface area contributed by atoms with Crippen LogP contribution in [0.25, 0.3) is 10.4 Å². The van der Waals surface area contributed by atoms with E-state index in [0.29, 0.717) is 12.5 Å². The van der Waals surface area contributed by atoms with Crippen LogP contribution < -0.4 is 0 Å². The summed E-state index contributed by atoms with van der Waals surface area (Å²) in [5, 5.41) is 3.55. The Morgan fingerprint density at radius 2 is 2.08 bits per heavy atom. The van der Waals surface area contributed by atoms with Gasteiger partial charge in [0.05, 0.1) is 0 Å². The maximum atomic E-state index is 8.14. The van der Waals surface area contributed by atoms with Crippen molar-refractivity contribution >= 4 is 0 Å². The van der Waals surface area contributed by atoms with Crippen LogP contribution in [-0.2, 0) is 6.42 Å². The average Bonchev–Trinajstić information content (AvgIpc) is 2.16. The number of nitrogens with zero attached hydrogens (tertiary/aromatic N) is 3. The monoisotopic (exact) mass is 175 g/mol. The third-order valence-electron chi connectivity index (χ3n) is 1.88. The molecule has 1 atom stereocenters. The fourth-order valence-corrected chi connectivity index (χ4v) is 1.26. The molecule has 3 nitrogen and oxygen atoms in total. The quantitative estimate of drug-likeness (QED) is 0.383. The minimum absolute atomic E-state index is 0.415. The molecule has 0 N–H and O–H groups in total. The number of benzene rings is 1. The van der Waals surface area contributed by atoms with E-state index in [1.54, 1.807) is 0 Å². The van der Waals surface area contributed by atoms with Crippen LogP contribution in [0.3, 0.4) is 0 Å². The molecule has 0 saturated carbocycles. The molecule has 1 aromatic carbocycles. The van der Waals surface area contributed by atoms with Crippen LogP contribution in [-0.4, -0.2) is 6.54 Å². The van der Waals surface area contributed by atoms with E-state index in [0.717, 1.165) is 6.42 Å². The van der Waals surface area contributed by atoms with Gasteiger partial charge in [-0.2, -0.15) is 0 Å². The second-order valence-corrected chi connectivity index (χ2v) is 3.21. The largest absolute Gasteiger partial charge is 0.0937 e. The molecule has 1 aromatic rings. The topological polar surface area (TPSA) is 48.8 Å². The molecule has 0 saturated heterocycles. The van der Waals surface area contributed by atoms with Crippen molar-refractivity contribution < 1.29 is 0 Å². The molecule has 0 aromatic heterocycles. The van der Waals surface area contributed by atoms with E-state index in [2.05, 4.69) is 29.1 Å². The molecule has 0 fully saturated rings. The second-order valence-electron chi connectivity index (χ2n) is 3.21. The van der Waals surface area contributed by atoms with Crippen LogP contribution in [0.4, 0.5) is 0 Å². The standard InChI is InChI=1S/C10H13N3/c1-9(8-12-13-11)7-10-5-3-2-4-6-10/h2-6,9H,7-8H2,1H3/t9-/m0/s1. The van der Waals surface area contributed by atoms with E-state index in [-0.39, 0.29) is 0 Å². The Morgan fingerprint density at radius 3 is 2.69 bits per heavy atom. The maximum absolute atomic E-state index is 8.14. The van der Waals surface area contributed by atoms with E-state index in [1.165, 1.54) is 5.56 Å². The smallest absolute Gasteiger partial charge is 0.0286 e. The van der Waals surface area contributed by atoms with Gasteiger partial charge < -0.3 is 0 Å². The number of rotatable bonds is 4. The number of hydrogen-bond acceptors (Lipinski definition) is 1. The minimum atomic E-state index is 0.415. The lowest BCUT2D eigenvalue weighted by atomic mass is 10.0. The fourth-order valence-electron chi connectivity index (χ4n) is 1.26. The first-order chi connectivity index (χ1) is 6.33. The third kappa shape index (κ3) is 3.63. The van der Waals surface area contributed by atoms with E-state index >= 15 is 0 Å². The molecule has 0 amide bonds. The van der Waals surface area contributed by atoms with Crippen molar-refractivity contribution in [1.29, 1.82) is 0 Å². The summed E-state index contributed by atoms with van der Waals surface area (Å²) in [4.78, 5) is 2.74. The zero-order valence-electron chi connectivity index (χ0n) is 7.72. The summed E-state index contributed by atoms with van der Waals surface area (Å²) in [5.74, 6) is 0.415. The lowest BCUT2D eigenvalue weighted by Crippen LogP contribution is -2.02. The molecule has 1 rings (SSSR count). The van der Waals surface area contributed by atoms with Crippen LogP contribution >= 0.6 is 0 Å². The van der Waals surface area contributed by atoms with Gasteiger partial charge in [0.25, 0.3) is 0 Å². The third-order valence-corrected chi connectivity index (χ3v) is 1.88. The van der Waals surface area contributed by atoms with E-state index in [1.807, 2.05) is 18.2 Å². The molecule has 0 aliphatic heterocycles. The second kappa shape index (κ2) is 5.22. The van der Waals surface area contributed by atoms with E-state index in [4.69, 9.17) is 5.53 Å². The van der Waals surface area contributed by atoms with Crippen molar-refractivity contribution in [1.82, 2.24) is 0 Å². The van der Waals surface area contributed by atoms with Crippen molar-refractivity contribution in [3.05, 3.63) is 46.3 Å². The average molecular weight is 175 g/mol. The Labute approximate surface area is 78.0 Å². The van der Waals surface area contributed by atoms with E-state index in [9.17, 15) is 0 Å². The van der Waals surface area contributed by atoms with Gasteiger partial charge in [-0.3, -0.25) is 0 Å². The summed E-state index contributed by atoms with van der Waals surface area (Å²) >= 11 is 0. The van der Waals surface area contributed by atoms with Crippen LogP contribution in [0.15, 0.2) is 35.4 Å².